The van der Waals surface area contributed by atoms with Gasteiger partial charge in [0, 0.05) is 43.2 Å². The molecule has 41 heavy (non-hydrogen) atoms. The lowest BCUT2D eigenvalue weighted by Crippen LogP contribution is -2.55. The van der Waals surface area contributed by atoms with Gasteiger partial charge in [0.05, 0.1) is 24.2 Å². The molecule has 0 radical (unpaired) electrons. The van der Waals surface area contributed by atoms with Gasteiger partial charge in [-0.15, -0.1) is 0 Å². The van der Waals surface area contributed by atoms with E-state index in [-0.39, 0.29) is 41.7 Å². The number of likely N-dealkylation sites (N-methyl/N-ethyl adjacent to an activating group) is 1. The largest absolute Gasteiger partial charge is 0.462 e. The molecule has 1 spiro atoms. The maximum Gasteiger partial charge on any atom is 0.318 e. The van der Waals surface area contributed by atoms with Crippen molar-refractivity contribution in [3.63, 3.8) is 0 Å². The van der Waals surface area contributed by atoms with Crippen LogP contribution in [0, 0.1) is 17.1 Å². The van der Waals surface area contributed by atoms with Gasteiger partial charge in [0.1, 0.15) is 24.4 Å². The molecular formula is C31H36F2N6O2. The van der Waals surface area contributed by atoms with Crippen molar-refractivity contribution in [2.24, 2.45) is 0 Å². The topological polar surface area (TPSA) is 85.6 Å². The summed E-state index contributed by atoms with van der Waals surface area (Å²) in [6.07, 6.45) is 5.23. The van der Waals surface area contributed by atoms with Crippen molar-refractivity contribution in [2.75, 3.05) is 44.7 Å². The van der Waals surface area contributed by atoms with E-state index in [4.69, 9.17) is 14.7 Å². The van der Waals surface area contributed by atoms with Gasteiger partial charge < -0.3 is 14.5 Å². The van der Waals surface area contributed by atoms with E-state index >= 15 is 0 Å². The summed E-state index contributed by atoms with van der Waals surface area (Å²) >= 11 is 0. The number of aromatic nitrogens is 2. The van der Waals surface area contributed by atoms with Crippen LogP contribution in [0.25, 0.3) is 0 Å². The molecule has 1 amide bonds. The molecule has 1 aromatic heterocycles. The lowest BCUT2D eigenvalue weighted by molar-refractivity contribution is -0.128. The number of ether oxygens (including phenoxy) is 1. The molecule has 2 aromatic rings. The number of halogens is 2. The Morgan fingerprint density at radius 2 is 2.07 bits per heavy atom. The molecule has 10 heteroatoms. The second-order valence-corrected chi connectivity index (χ2v) is 11.9. The summed E-state index contributed by atoms with van der Waals surface area (Å²) in [5.74, 6) is 0.406. The fraction of sp³-hybridized carbons (Fsp3) is 0.548. The van der Waals surface area contributed by atoms with Crippen molar-refractivity contribution >= 4 is 11.7 Å². The van der Waals surface area contributed by atoms with Gasteiger partial charge in [-0.25, -0.2) is 8.78 Å². The Balaban J connectivity index is 1.33. The van der Waals surface area contributed by atoms with Crippen LogP contribution in [0.15, 0.2) is 30.9 Å². The monoisotopic (exact) mass is 562 g/mol. The van der Waals surface area contributed by atoms with Crippen LogP contribution in [0.1, 0.15) is 48.1 Å². The fourth-order valence-corrected chi connectivity index (χ4v) is 7.35. The molecular weight excluding hydrogens is 526 g/mol. The van der Waals surface area contributed by atoms with Crippen LogP contribution in [0.4, 0.5) is 14.6 Å². The van der Waals surface area contributed by atoms with Gasteiger partial charge in [0.25, 0.3) is 0 Å². The van der Waals surface area contributed by atoms with Crippen molar-refractivity contribution in [2.45, 2.75) is 68.6 Å². The maximum absolute atomic E-state index is 14.0. The number of anilines is 1. The van der Waals surface area contributed by atoms with Gasteiger partial charge in [-0.05, 0) is 74.9 Å². The molecule has 0 N–H and O–H groups in total. The quantitative estimate of drug-likeness (QED) is 0.498. The summed E-state index contributed by atoms with van der Waals surface area (Å²) in [7, 11) is 1.90. The molecule has 2 saturated heterocycles. The van der Waals surface area contributed by atoms with Crippen molar-refractivity contribution in [3.05, 3.63) is 59.1 Å². The van der Waals surface area contributed by atoms with Gasteiger partial charge in [0.2, 0.25) is 5.91 Å². The molecule has 0 saturated carbocycles. The number of aryl methyl sites for hydroxylation is 1. The summed E-state index contributed by atoms with van der Waals surface area (Å²) in [6.45, 7) is 5.80. The predicted octanol–water partition coefficient (Wildman–Crippen LogP) is 3.53. The molecule has 8 nitrogen and oxygen atoms in total. The number of carbonyl (C=O) groups excluding carboxylic acids is 1. The number of hydrogen-bond acceptors (Lipinski definition) is 7. The Hall–Kier alpha value is -3.58. The standard InChI is InChI=1S/C31H36F2N6O2/c1-3-28(40)39-13-12-38(18-23(39)8-11-34)29-25-7-10-31(9-6-20-14-21(32)4-5-26(20)31)16-27(25)35-30(36-29)41-19-24-15-22(33)17-37(24)2/h3-5,14,22-24H,1,6-10,12-13,15-19H2,2H3/t22-,23+,24+,31?/m1/s1. The zero-order valence-electron chi connectivity index (χ0n) is 23.5. The third-order valence-electron chi connectivity index (χ3n) is 9.53. The predicted molar refractivity (Wildman–Crippen MR) is 150 cm³/mol. The first-order valence-corrected chi connectivity index (χ1v) is 14.5. The van der Waals surface area contributed by atoms with Gasteiger partial charge in [-0.1, -0.05) is 12.6 Å². The molecule has 2 aliphatic heterocycles. The highest BCUT2D eigenvalue weighted by Gasteiger charge is 2.44. The minimum Gasteiger partial charge on any atom is -0.462 e. The number of hydrogen-bond donors (Lipinski definition) is 0. The number of fused-ring (bicyclic) bond motifs is 3. The Morgan fingerprint density at radius 3 is 2.83 bits per heavy atom. The zero-order chi connectivity index (χ0) is 28.7. The number of nitrogens with zero attached hydrogens (tertiary/aromatic N) is 6. The summed E-state index contributed by atoms with van der Waals surface area (Å²) in [6, 6.07) is 7.31. The maximum atomic E-state index is 14.0. The summed E-state index contributed by atoms with van der Waals surface area (Å²) < 4.78 is 34.2. The van der Waals surface area contributed by atoms with Crippen molar-refractivity contribution in [3.8, 4) is 12.1 Å². The van der Waals surface area contributed by atoms with Crippen molar-refractivity contribution < 1.29 is 18.3 Å². The van der Waals surface area contributed by atoms with Gasteiger partial charge >= 0.3 is 6.01 Å². The average molecular weight is 563 g/mol. The van der Waals surface area contributed by atoms with E-state index in [0.29, 0.717) is 45.6 Å². The lowest BCUT2D eigenvalue weighted by Gasteiger charge is -2.42. The third-order valence-corrected chi connectivity index (χ3v) is 9.53. The first-order chi connectivity index (χ1) is 19.8. The van der Waals surface area contributed by atoms with E-state index in [2.05, 4.69) is 17.5 Å². The van der Waals surface area contributed by atoms with E-state index in [1.165, 1.54) is 11.6 Å². The van der Waals surface area contributed by atoms with Crippen molar-refractivity contribution in [1.82, 2.24) is 19.8 Å². The molecule has 1 unspecified atom stereocenters. The average Bonchev–Trinajstić information content (AvgIpc) is 3.48. The molecule has 2 aliphatic carbocycles. The fourth-order valence-electron chi connectivity index (χ4n) is 7.35. The van der Waals surface area contributed by atoms with E-state index in [1.807, 2.05) is 18.0 Å². The van der Waals surface area contributed by atoms with E-state index in [1.54, 1.807) is 17.0 Å². The normalized spacial score (nSPS) is 27.4. The molecule has 1 aromatic carbocycles. The van der Waals surface area contributed by atoms with Crippen LogP contribution < -0.4 is 9.64 Å². The SMILES string of the molecule is C=CC(=O)N1CCN(c2nc(OC[C@@H]3C[C@@H](F)CN3C)nc3c2CCC2(CCc4cc(F)ccc42)C3)C[C@@H]1CC#N. The first-order valence-electron chi connectivity index (χ1n) is 14.5. The Kier molecular flexibility index (Phi) is 7.41. The second-order valence-electron chi connectivity index (χ2n) is 11.9. The molecule has 6 rings (SSSR count). The van der Waals surface area contributed by atoms with Crippen LogP contribution >= 0.6 is 0 Å². The highest BCUT2D eigenvalue weighted by molar-refractivity contribution is 5.87. The van der Waals surface area contributed by atoms with E-state index in [9.17, 15) is 18.8 Å². The Bertz CT molecular complexity index is 1400. The van der Waals surface area contributed by atoms with Gasteiger partial charge in [0.15, 0.2) is 0 Å². The number of piperazine rings is 1. The molecule has 4 atom stereocenters. The van der Waals surface area contributed by atoms with Crippen LogP contribution in [0.2, 0.25) is 0 Å². The molecule has 0 bridgehead atoms. The highest BCUT2D eigenvalue weighted by Crippen LogP contribution is 2.49. The number of carbonyl (C=O) groups is 1. The molecule has 2 fully saturated rings. The van der Waals surface area contributed by atoms with Crippen LogP contribution in [-0.2, 0) is 29.5 Å². The smallest absolute Gasteiger partial charge is 0.318 e. The molecule has 3 heterocycles. The number of amides is 1. The Labute approximate surface area is 239 Å². The first kappa shape index (κ1) is 27.6. The van der Waals surface area contributed by atoms with Gasteiger partial charge in [-0.3, -0.25) is 9.69 Å². The van der Waals surface area contributed by atoms with Crippen LogP contribution in [-0.4, -0.2) is 83.8 Å². The third kappa shape index (κ3) is 5.16. The van der Waals surface area contributed by atoms with Crippen molar-refractivity contribution in [1.29, 1.82) is 5.26 Å². The number of nitriles is 1. The van der Waals surface area contributed by atoms with E-state index < -0.39 is 6.17 Å². The zero-order valence-corrected chi connectivity index (χ0v) is 23.5. The molecule has 216 valence electrons. The number of rotatable bonds is 6. The van der Waals surface area contributed by atoms with Gasteiger partial charge in [-0.2, -0.15) is 15.2 Å². The Morgan fingerprint density at radius 1 is 1.24 bits per heavy atom. The lowest BCUT2D eigenvalue weighted by atomic mass is 9.69. The number of benzene rings is 1. The summed E-state index contributed by atoms with van der Waals surface area (Å²) in [5.41, 5.74) is 4.17. The summed E-state index contributed by atoms with van der Waals surface area (Å²) in [5, 5.41) is 9.48. The van der Waals surface area contributed by atoms with Crippen LogP contribution in [0.3, 0.4) is 0 Å². The number of likely N-dealkylation sites (tertiary alicyclic amines) is 1. The second kappa shape index (κ2) is 11.0. The van der Waals surface area contributed by atoms with Crippen LogP contribution in [0.5, 0.6) is 6.01 Å². The number of alkyl halides is 1. The molecule has 4 aliphatic rings. The summed E-state index contributed by atoms with van der Waals surface area (Å²) in [4.78, 5) is 28.1. The minimum atomic E-state index is -0.868. The minimum absolute atomic E-state index is 0.0514. The highest BCUT2D eigenvalue weighted by atomic mass is 19.1. The van der Waals surface area contributed by atoms with E-state index in [0.717, 1.165) is 48.3 Å².